The summed E-state index contributed by atoms with van der Waals surface area (Å²) in [4.78, 5) is 2.02. The van der Waals surface area contributed by atoms with Crippen molar-refractivity contribution in [3.05, 3.63) is 65.7 Å². The van der Waals surface area contributed by atoms with E-state index in [1.807, 2.05) is 49.3 Å². The fourth-order valence-corrected chi connectivity index (χ4v) is 1.93. The summed E-state index contributed by atoms with van der Waals surface area (Å²) in [7, 11) is 3.97. The summed E-state index contributed by atoms with van der Waals surface area (Å²) in [5.74, 6) is 0.0814. The minimum atomic E-state index is 0.0814. The number of benzene rings is 2. The van der Waals surface area contributed by atoms with Gasteiger partial charge in [-0.1, -0.05) is 35.5 Å². The first-order chi connectivity index (χ1) is 10.1. The van der Waals surface area contributed by atoms with Crippen LogP contribution in [0.5, 0.6) is 5.75 Å². The molecule has 0 saturated heterocycles. The van der Waals surface area contributed by atoms with Gasteiger partial charge in [0.1, 0.15) is 11.5 Å². The molecule has 0 aliphatic rings. The molecule has 0 amide bonds. The van der Waals surface area contributed by atoms with Crippen molar-refractivity contribution in [2.45, 2.75) is 0 Å². The van der Waals surface area contributed by atoms with Crippen LogP contribution in [-0.2, 0) is 0 Å². The molecule has 0 aliphatic carbocycles. The van der Waals surface area contributed by atoms with E-state index in [2.05, 4.69) is 5.16 Å². The van der Waals surface area contributed by atoms with Crippen molar-refractivity contribution in [3.63, 3.8) is 0 Å². The van der Waals surface area contributed by atoms with E-state index in [0.29, 0.717) is 11.3 Å². The van der Waals surface area contributed by atoms with Gasteiger partial charge in [-0.2, -0.15) is 0 Å². The number of para-hydroxylation sites is 1. The molecule has 0 aliphatic heterocycles. The van der Waals surface area contributed by atoms with Gasteiger partial charge in [0.25, 0.3) is 0 Å². The molecule has 0 radical (unpaired) electrons. The number of hydrogen-bond acceptors (Lipinski definition) is 4. The highest BCUT2D eigenvalue weighted by Gasteiger charge is 2.05. The Balaban J connectivity index is 2.21. The zero-order chi connectivity index (χ0) is 15.2. The van der Waals surface area contributed by atoms with E-state index >= 15 is 0 Å². The lowest BCUT2D eigenvalue weighted by molar-refractivity contribution is 0.319. The van der Waals surface area contributed by atoms with Crippen molar-refractivity contribution >= 4 is 17.5 Å². The van der Waals surface area contributed by atoms with Gasteiger partial charge in [-0.25, -0.2) is 0 Å². The lowest BCUT2D eigenvalue weighted by Gasteiger charge is -2.11. The number of nitrogens with zero attached hydrogens (tertiary/aromatic N) is 2. The minimum absolute atomic E-state index is 0.0814. The van der Waals surface area contributed by atoms with Gasteiger partial charge >= 0.3 is 0 Å². The van der Waals surface area contributed by atoms with E-state index in [0.717, 1.165) is 11.3 Å². The van der Waals surface area contributed by atoms with Crippen LogP contribution in [0.1, 0.15) is 11.1 Å². The Morgan fingerprint density at radius 1 is 1.05 bits per heavy atom. The van der Waals surface area contributed by atoms with Crippen molar-refractivity contribution in [3.8, 4) is 5.75 Å². The van der Waals surface area contributed by atoms with Crippen molar-refractivity contribution in [2.24, 2.45) is 5.16 Å². The van der Waals surface area contributed by atoms with E-state index in [4.69, 9.17) is 5.21 Å². The number of allylic oxidation sites excluding steroid dienone is 1. The van der Waals surface area contributed by atoms with E-state index in [-0.39, 0.29) is 5.75 Å². The van der Waals surface area contributed by atoms with E-state index in [9.17, 15) is 5.11 Å². The first kappa shape index (κ1) is 14.7. The van der Waals surface area contributed by atoms with Gasteiger partial charge in [-0.15, -0.1) is 0 Å². The fourth-order valence-electron chi connectivity index (χ4n) is 1.93. The summed E-state index contributed by atoms with van der Waals surface area (Å²) >= 11 is 0. The van der Waals surface area contributed by atoms with E-state index in [1.165, 1.54) is 0 Å². The first-order valence-corrected chi connectivity index (χ1v) is 6.57. The van der Waals surface area contributed by atoms with Gasteiger partial charge in [0.2, 0.25) is 0 Å². The molecule has 4 heteroatoms. The second-order valence-electron chi connectivity index (χ2n) is 4.82. The molecule has 108 valence electrons. The highest BCUT2D eigenvalue weighted by Crippen LogP contribution is 2.18. The molecule has 4 nitrogen and oxygen atoms in total. The average molecular weight is 282 g/mol. The van der Waals surface area contributed by atoms with Gasteiger partial charge in [-0.3, -0.25) is 0 Å². The second-order valence-corrected chi connectivity index (χ2v) is 4.82. The summed E-state index contributed by atoms with van der Waals surface area (Å²) in [6.07, 6.45) is 3.50. The topological polar surface area (TPSA) is 56.1 Å². The van der Waals surface area contributed by atoms with Crippen LogP contribution in [0, 0.1) is 0 Å². The Morgan fingerprint density at radius 3 is 2.29 bits per heavy atom. The highest BCUT2D eigenvalue weighted by molar-refractivity contribution is 6.12. The van der Waals surface area contributed by atoms with E-state index < -0.39 is 0 Å². The molecule has 0 spiro atoms. The van der Waals surface area contributed by atoms with Gasteiger partial charge < -0.3 is 15.2 Å². The maximum Gasteiger partial charge on any atom is 0.125 e. The molecule has 0 atom stereocenters. The van der Waals surface area contributed by atoms with Crippen LogP contribution in [0.3, 0.4) is 0 Å². The molecule has 2 rings (SSSR count). The molecular formula is C17H18N2O2. The van der Waals surface area contributed by atoms with Gasteiger partial charge in [-0.05, 0) is 35.9 Å². The molecule has 0 saturated carbocycles. The third-order valence-corrected chi connectivity index (χ3v) is 3.13. The Kier molecular flexibility index (Phi) is 4.61. The standard InChI is InChI=1S/C17H18N2O2/c1-19(2)14-10-7-13(8-11-14)9-12-16(18-21)15-5-3-4-6-17(15)20/h3-12,20-21H,1-2H3/b12-9+,18-16+. The van der Waals surface area contributed by atoms with Crippen LogP contribution in [-0.4, -0.2) is 30.1 Å². The largest absolute Gasteiger partial charge is 0.507 e. The molecule has 0 unspecified atom stereocenters. The molecule has 0 heterocycles. The number of anilines is 1. The zero-order valence-electron chi connectivity index (χ0n) is 12.1. The van der Waals surface area contributed by atoms with Gasteiger partial charge in [0, 0.05) is 25.3 Å². The van der Waals surface area contributed by atoms with Gasteiger partial charge in [0.05, 0.1) is 0 Å². The Hall–Kier alpha value is -2.75. The average Bonchev–Trinajstić information content (AvgIpc) is 2.50. The normalized spacial score (nSPS) is 11.8. The van der Waals surface area contributed by atoms with Crippen LogP contribution in [0.15, 0.2) is 59.8 Å². The molecule has 0 fully saturated rings. The monoisotopic (exact) mass is 282 g/mol. The number of hydrogen-bond donors (Lipinski definition) is 2. The molecule has 2 N–H and O–H groups in total. The lowest BCUT2D eigenvalue weighted by atomic mass is 10.1. The van der Waals surface area contributed by atoms with Crippen LogP contribution < -0.4 is 4.90 Å². The van der Waals surface area contributed by atoms with Crippen molar-refractivity contribution in [2.75, 3.05) is 19.0 Å². The molecule has 0 bridgehead atoms. The number of aromatic hydroxyl groups is 1. The van der Waals surface area contributed by atoms with Crippen LogP contribution in [0.25, 0.3) is 6.08 Å². The van der Waals surface area contributed by atoms with Crippen molar-refractivity contribution in [1.82, 2.24) is 0 Å². The van der Waals surface area contributed by atoms with E-state index in [1.54, 1.807) is 30.3 Å². The number of oxime groups is 1. The second kappa shape index (κ2) is 6.61. The maximum atomic E-state index is 9.78. The van der Waals surface area contributed by atoms with Crippen LogP contribution in [0.4, 0.5) is 5.69 Å². The van der Waals surface area contributed by atoms with Crippen molar-refractivity contribution < 1.29 is 10.3 Å². The smallest absolute Gasteiger partial charge is 0.125 e. The van der Waals surface area contributed by atoms with Crippen molar-refractivity contribution in [1.29, 1.82) is 0 Å². The van der Waals surface area contributed by atoms with Gasteiger partial charge in [0.15, 0.2) is 0 Å². The third-order valence-electron chi connectivity index (χ3n) is 3.13. The number of phenols is 1. The molecular weight excluding hydrogens is 264 g/mol. The van der Waals surface area contributed by atoms with Crippen LogP contribution >= 0.6 is 0 Å². The summed E-state index contributed by atoms with van der Waals surface area (Å²) < 4.78 is 0. The zero-order valence-corrected chi connectivity index (χ0v) is 12.1. The number of rotatable bonds is 4. The first-order valence-electron chi connectivity index (χ1n) is 6.57. The predicted molar refractivity (Wildman–Crippen MR) is 86.2 cm³/mol. The summed E-state index contributed by atoms with van der Waals surface area (Å²) in [6, 6.07) is 14.7. The Labute approximate surface area is 124 Å². The highest BCUT2D eigenvalue weighted by atomic mass is 16.4. The number of phenolic OH excluding ortho intramolecular Hbond substituents is 1. The Bertz CT molecular complexity index is 659. The summed E-state index contributed by atoms with van der Waals surface area (Å²) in [5.41, 5.74) is 2.90. The Morgan fingerprint density at radius 2 is 1.71 bits per heavy atom. The minimum Gasteiger partial charge on any atom is -0.507 e. The molecule has 2 aromatic rings. The quantitative estimate of drug-likeness (QED) is 0.513. The summed E-state index contributed by atoms with van der Waals surface area (Å²) in [6.45, 7) is 0. The maximum absolute atomic E-state index is 9.78. The lowest BCUT2D eigenvalue weighted by Crippen LogP contribution is -2.07. The molecule has 2 aromatic carbocycles. The fraction of sp³-hybridized carbons (Fsp3) is 0.118. The third kappa shape index (κ3) is 3.63. The molecule has 21 heavy (non-hydrogen) atoms. The molecule has 0 aromatic heterocycles. The predicted octanol–water partition coefficient (Wildman–Crippen LogP) is 3.35. The summed E-state index contributed by atoms with van der Waals surface area (Å²) in [5, 5.41) is 22.1. The SMILES string of the molecule is CN(C)c1ccc(/C=C/C(=N\O)c2ccccc2O)cc1. The van der Waals surface area contributed by atoms with Crippen LogP contribution in [0.2, 0.25) is 0 Å².